The van der Waals surface area contributed by atoms with Crippen LogP contribution >= 0.6 is 0 Å². The Morgan fingerprint density at radius 3 is 2.29 bits per heavy atom. The standard InChI is InChI=1S/C19H21N5O4/c1-26-13-9-15(27-2)18(16(10-13)28-3)20-17(25)11-14(19-21-23-24-22-19)12-7-5-4-6-8-12/h4-10,14H,11H2,1-3H3,(H,20,25)(H,21,22,23,24). The Hall–Kier alpha value is -3.62. The van der Waals surface area contributed by atoms with E-state index in [2.05, 4.69) is 25.9 Å². The number of hydrogen-bond acceptors (Lipinski definition) is 7. The molecule has 3 aromatic rings. The molecule has 2 aromatic carbocycles. The summed E-state index contributed by atoms with van der Waals surface area (Å²) in [5.74, 6) is 1.36. The van der Waals surface area contributed by atoms with Crippen molar-refractivity contribution in [3.05, 3.63) is 53.9 Å². The maximum absolute atomic E-state index is 12.8. The van der Waals surface area contributed by atoms with Crippen LogP contribution in [-0.4, -0.2) is 47.9 Å². The van der Waals surface area contributed by atoms with Crippen LogP contribution in [0, 0.1) is 0 Å². The van der Waals surface area contributed by atoms with Crippen LogP contribution in [0.15, 0.2) is 42.5 Å². The van der Waals surface area contributed by atoms with E-state index in [0.717, 1.165) is 5.56 Å². The lowest BCUT2D eigenvalue weighted by Crippen LogP contribution is -2.18. The van der Waals surface area contributed by atoms with E-state index in [4.69, 9.17) is 14.2 Å². The van der Waals surface area contributed by atoms with Gasteiger partial charge in [0.15, 0.2) is 5.82 Å². The van der Waals surface area contributed by atoms with E-state index in [1.54, 1.807) is 19.2 Å². The van der Waals surface area contributed by atoms with Gasteiger partial charge in [-0.3, -0.25) is 4.79 Å². The summed E-state index contributed by atoms with van der Waals surface area (Å²) in [6.45, 7) is 0. The van der Waals surface area contributed by atoms with Gasteiger partial charge in [-0.15, -0.1) is 5.10 Å². The molecule has 0 saturated heterocycles. The molecule has 9 nitrogen and oxygen atoms in total. The lowest BCUT2D eigenvalue weighted by Gasteiger charge is -2.18. The molecule has 9 heteroatoms. The van der Waals surface area contributed by atoms with Crippen LogP contribution in [0.5, 0.6) is 17.2 Å². The number of nitrogens with one attached hydrogen (secondary N) is 2. The maximum Gasteiger partial charge on any atom is 0.225 e. The Kier molecular flexibility index (Phi) is 6.05. The molecule has 0 saturated carbocycles. The lowest BCUT2D eigenvalue weighted by atomic mass is 9.94. The number of ether oxygens (including phenoxy) is 3. The molecule has 3 rings (SSSR count). The van der Waals surface area contributed by atoms with Crippen molar-refractivity contribution < 1.29 is 19.0 Å². The van der Waals surface area contributed by atoms with E-state index in [9.17, 15) is 4.79 Å². The average molecular weight is 383 g/mol. The highest BCUT2D eigenvalue weighted by atomic mass is 16.5. The lowest BCUT2D eigenvalue weighted by molar-refractivity contribution is -0.116. The van der Waals surface area contributed by atoms with Crippen LogP contribution in [0.2, 0.25) is 0 Å². The van der Waals surface area contributed by atoms with Gasteiger partial charge in [0, 0.05) is 18.6 Å². The molecule has 0 radical (unpaired) electrons. The second-order valence-corrected chi connectivity index (χ2v) is 5.91. The summed E-state index contributed by atoms with van der Waals surface area (Å²) in [5, 5.41) is 16.8. The number of aromatic amines is 1. The fraction of sp³-hybridized carbons (Fsp3) is 0.263. The van der Waals surface area contributed by atoms with E-state index >= 15 is 0 Å². The third-order valence-corrected chi connectivity index (χ3v) is 4.26. The largest absolute Gasteiger partial charge is 0.496 e. The third kappa shape index (κ3) is 4.20. The van der Waals surface area contributed by atoms with E-state index in [-0.39, 0.29) is 18.2 Å². The van der Waals surface area contributed by atoms with Crippen LogP contribution in [0.3, 0.4) is 0 Å². The molecular formula is C19H21N5O4. The van der Waals surface area contributed by atoms with Gasteiger partial charge in [0.05, 0.1) is 27.2 Å². The Labute approximate surface area is 162 Å². The van der Waals surface area contributed by atoms with Gasteiger partial charge in [-0.05, 0) is 16.0 Å². The van der Waals surface area contributed by atoms with Crippen molar-refractivity contribution in [2.75, 3.05) is 26.6 Å². The number of rotatable bonds is 8. The van der Waals surface area contributed by atoms with Crippen molar-refractivity contribution in [2.45, 2.75) is 12.3 Å². The first kappa shape index (κ1) is 19.2. The van der Waals surface area contributed by atoms with Crippen molar-refractivity contribution in [3.8, 4) is 17.2 Å². The fourth-order valence-corrected chi connectivity index (χ4v) is 2.88. The van der Waals surface area contributed by atoms with Crippen LogP contribution < -0.4 is 19.5 Å². The Morgan fingerprint density at radius 2 is 1.75 bits per heavy atom. The molecule has 1 atom stereocenters. The molecular weight excluding hydrogens is 362 g/mol. The number of anilines is 1. The van der Waals surface area contributed by atoms with Gasteiger partial charge in [0.2, 0.25) is 5.91 Å². The molecule has 1 heterocycles. The van der Waals surface area contributed by atoms with Crippen LogP contribution in [-0.2, 0) is 4.79 Å². The molecule has 0 aliphatic heterocycles. The van der Waals surface area contributed by atoms with E-state index in [0.29, 0.717) is 28.8 Å². The summed E-state index contributed by atoms with van der Waals surface area (Å²) < 4.78 is 16.0. The van der Waals surface area contributed by atoms with Gasteiger partial charge >= 0.3 is 0 Å². The Morgan fingerprint density at radius 1 is 1.07 bits per heavy atom. The zero-order valence-corrected chi connectivity index (χ0v) is 15.8. The van der Waals surface area contributed by atoms with Gasteiger partial charge in [-0.1, -0.05) is 30.3 Å². The van der Waals surface area contributed by atoms with E-state index in [1.807, 2.05) is 30.3 Å². The third-order valence-electron chi connectivity index (χ3n) is 4.26. The molecule has 0 aliphatic carbocycles. The fourth-order valence-electron chi connectivity index (χ4n) is 2.88. The number of methoxy groups -OCH3 is 3. The number of benzene rings is 2. The number of hydrogen-bond donors (Lipinski definition) is 2. The first-order chi connectivity index (χ1) is 13.7. The zero-order chi connectivity index (χ0) is 19.9. The van der Waals surface area contributed by atoms with Crippen LogP contribution in [0.25, 0.3) is 0 Å². The Bertz CT molecular complexity index is 890. The molecule has 0 bridgehead atoms. The first-order valence-corrected chi connectivity index (χ1v) is 8.54. The quantitative estimate of drug-likeness (QED) is 0.614. The number of carbonyl (C=O) groups is 1. The summed E-state index contributed by atoms with van der Waals surface area (Å²) in [7, 11) is 4.57. The number of nitrogens with zero attached hydrogens (tertiary/aromatic N) is 3. The summed E-state index contributed by atoms with van der Waals surface area (Å²) in [5.41, 5.74) is 1.35. The summed E-state index contributed by atoms with van der Waals surface area (Å²) in [6.07, 6.45) is 0.124. The highest BCUT2D eigenvalue weighted by Gasteiger charge is 2.23. The van der Waals surface area contributed by atoms with Gasteiger partial charge in [0.25, 0.3) is 0 Å². The highest BCUT2D eigenvalue weighted by molar-refractivity contribution is 5.95. The van der Waals surface area contributed by atoms with Crippen molar-refractivity contribution >= 4 is 11.6 Å². The minimum absolute atomic E-state index is 0.124. The molecule has 0 fully saturated rings. The summed E-state index contributed by atoms with van der Waals surface area (Å²) in [6, 6.07) is 12.9. The molecule has 146 valence electrons. The van der Waals surface area contributed by atoms with Crippen LogP contribution in [0.4, 0.5) is 5.69 Å². The summed E-state index contributed by atoms with van der Waals surface area (Å²) in [4.78, 5) is 12.8. The van der Waals surface area contributed by atoms with Crippen molar-refractivity contribution in [3.63, 3.8) is 0 Å². The minimum Gasteiger partial charge on any atom is -0.496 e. The second kappa shape index (κ2) is 8.85. The molecule has 1 amide bonds. The smallest absolute Gasteiger partial charge is 0.225 e. The average Bonchev–Trinajstić information content (AvgIpc) is 3.27. The molecule has 0 aliphatic rings. The minimum atomic E-state index is -0.327. The number of carbonyl (C=O) groups excluding carboxylic acids is 1. The SMILES string of the molecule is COc1cc(OC)c(NC(=O)CC(c2ccccc2)c2nnn[nH]2)c(OC)c1. The predicted molar refractivity (Wildman–Crippen MR) is 102 cm³/mol. The van der Waals surface area contributed by atoms with E-state index in [1.165, 1.54) is 14.2 Å². The molecule has 28 heavy (non-hydrogen) atoms. The molecule has 1 unspecified atom stereocenters. The maximum atomic E-state index is 12.8. The highest BCUT2D eigenvalue weighted by Crippen LogP contribution is 2.39. The topological polar surface area (TPSA) is 111 Å². The molecule has 2 N–H and O–H groups in total. The normalized spacial score (nSPS) is 11.5. The number of amides is 1. The van der Waals surface area contributed by atoms with Gasteiger partial charge in [-0.2, -0.15) is 0 Å². The molecule has 0 spiro atoms. The van der Waals surface area contributed by atoms with Gasteiger partial charge in [-0.25, -0.2) is 5.10 Å². The summed E-state index contributed by atoms with van der Waals surface area (Å²) >= 11 is 0. The van der Waals surface area contributed by atoms with E-state index < -0.39 is 0 Å². The zero-order valence-electron chi connectivity index (χ0n) is 15.8. The second-order valence-electron chi connectivity index (χ2n) is 5.91. The predicted octanol–water partition coefficient (Wildman–Crippen LogP) is 2.39. The van der Waals surface area contributed by atoms with Gasteiger partial charge in [0.1, 0.15) is 22.9 Å². The van der Waals surface area contributed by atoms with Crippen molar-refractivity contribution in [1.29, 1.82) is 0 Å². The molecule has 1 aromatic heterocycles. The monoisotopic (exact) mass is 383 g/mol. The number of aromatic nitrogens is 4. The van der Waals surface area contributed by atoms with Crippen molar-refractivity contribution in [2.24, 2.45) is 0 Å². The van der Waals surface area contributed by atoms with Crippen LogP contribution in [0.1, 0.15) is 23.7 Å². The van der Waals surface area contributed by atoms with Crippen molar-refractivity contribution in [1.82, 2.24) is 20.6 Å². The number of tetrazole rings is 1. The first-order valence-electron chi connectivity index (χ1n) is 8.54. The Balaban J connectivity index is 1.86. The van der Waals surface area contributed by atoms with Gasteiger partial charge < -0.3 is 19.5 Å². The number of H-pyrrole nitrogens is 1.